The quantitative estimate of drug-likeness (QED) is 0.864. The lowest BCUT2D eigenvalue weighted by Gasteiger charge is -2.19. The van der Waals surface area contributed by atoms with Gasteiger partial charge in [0.05, 0.1) is 17.9 Å². The highest BCUT2D eigenvalue weighted by Crippen LogP contribution is 2.25. The van der Waals surface area contributed by atoms with Gasteiger partial charge in [0.15, 0.2) is 0 Å². The number of carbonyl (C=O) groups is 2. The third kappa shape index (κ3) is 3.57. The van der Waals surface area contributed by atoms with Crippen molar-refractivity contribution in [3.8, 4) is 0 Å². The Hall–Kier alpha value is -2.66. The third-order valence-corrected chi connectivity index (χ3v) is 3.76. The summed E-state index contributed by atoms with van der Waals surface area (Å²) in [5, 5.41) is 0. The summed E-state index contributed by atoms with van der Waals surface area (Å²) >= 11 is 0. The summed E-state index contributed by atoms with van der Waals surface area (Å²) < 4.78 is 0. The standard InChI is InChI=1S/C18H18N2O3/c21-17-11-6-12-20(17)16-10-5-4-9-15(16)18(22)19-23-13-14-7-2-1-3-8-14/h1-5,7-10H,6,11-13H2,(H,19,22). The smallest absolute Gasteiger partial charge is 0.276 e. The molecule has 118 valence electrons. The SMILES string of the molecule is O=C(NOCc1ccccc1)c1ccccc1N1CCCC1=O. The van der Waals surface area contributed by atoms with E-state index in [9.17, 15) is 9.59 Å². The van der Waals surface area contributed by atoms with E-state index in [1.807, 2.05) is 36.4 Å². The second-order valence-electron chi connectivity index (χ2n) is 5.37. The average molecular weight is 310 g/mol. The molecule has 5 nitrogen and oxygen atoms in total. The van der Waals surface area contributed by atoms with Crippen molar-refractivity contribution in [2.75, 3.05) is 11.4 Å². The van der Waals surface area contributed by atoms with Crippen LogP contribution in [0.2, 0.25) is 0 Å². The first-order valence-electron chi connectivity index (χ1n) is 7.61. The summed E-state index contributed by atoms with van der Waals surface area (Å²) in [6.07, 6.45) is 1.35. The third-order valence-electron chi connectivity index (χ3n) is 3.76. The molecule has 1 aliphatic heterocycles. The number of nitrogens with one attached hydrogen (secondary N) is 1. The molecule has 1 aliphatic rings. The van der Waals surface area contributed by atoms with Crippen molar-refractivity contribution in [2.24, 2.45) is 0 Å². The zero-order valence-corrected chi connectivity index (χ0v) is 12.7. The Balaban J connectivity index is 1.66. The number of nitrogens with zero attached hydrogens (tertiary/aromatic N) is 1. The fourth-order valence-electron chi connectivity index (χ4n) is 2.62. The number of benzene rings is 2. The van der Waals surface area contributed by atoms with E-state index in [0.717, 1.165) is 12.0 Å². The van der Waals surface area contributed by atoms with Crippen LogP contribution in [-0.2, 0) is 16.2 Å². The van der Waals surface area contributed by atoms with E-state index < -0.39 is 0 Å². The van der Waals surface area contributed by atoms with Crippen molar-refractivity contribution in [1.29, 1.82) is 0 Å². The van der Waals surface area contributed by atoms with Gasteiger partial charge in [0.1, 0.15) is 0 Å². The van der Waals surface area contributed by atoms with Crippen molar-refractivity contribution in [3.05, 3.63) is 65.7 Å². The number of amides is 2. The number of hydrogen-bond acceptors (Lipinski definition) is 3. The van der Waals surface area contributed by atoms with Crippen LogP contribution >= 0.6 is 0 Å². The highest BCUT2D eigenvalue weighted by Gasteiger charge is 2.25. The highest BCUT2D eigenvalue weighted by atomic mass is 16.6. The van der Waals surface area contributed by atoms with Crippen LogP contribution in [0, 0.1) is 0 Å². The van der Waals surface area contributed by atoms with Gasteiger partial charge in [0.25, 0.3) is 5.91 Å². The number of hydrogen-bond donors (Lipinski definition) is 1. The zero-order valence-electron chi connectivity index (χ0n) is 12.7. The molecule has 23 heavy (non-hydrogen) atoms. The summed E-state index contributed by atoms with van der Waals surface area (Å²) in [6.45, 7) is 0.936. The number of carbonyl (C=O) groups excluding carboxylic acids is 2. The summed E-state index contributed by atoms with van der Waals surface area (Å²) in [6, 6.07) is 16.7. The molecule has 0 radical (unpaired) electrons. The first kappa shape index (κ1) is 15.2. The van der Waals surface area contributed by atoms with Gasteiger partial charge in [0.2, 0.25) is 5.91 Å². The fraction of sp³-hybridized carbons (Fsp3) is 0.222. The van der Waals surface area contributed by atoms with Crippen LogP contribution in [0.15, 0.2) is 54.6 Å². The van der Waals surface area contributed by atoms with Gasteiger partial charge in [-0.1, -0.05) is 42.5 Å². The molecule has 1 heterocycles. The summed E-state index contributed by atoms with van der Waals surface area (Å²) in [5.41, 5.74) is 4.49. The van der Waals surface area contributed by atoms with Crippen molar-refractivity contribution in [1.82, 2.24) is 5.48 Å². The van der Waals surface area contributed by atoms with E-state index in [-0.39, 0.29) is 18.4 Å². The first-order valence-corrected chi connectivity index (χ1v) is 7.61. The van der Waals surface area contributed by atoms with Crippen LogP contribution in [0.3, 0.4) is 0 Å². The molecule has 0 saturated carbocycles. The molecule has 1 fully saturated rings. The van der Waals surface area contributed by atoms with Gasteiger partial charge >= 0.3 is 0 Å². The van der Waals surface area contributed by atoms with E-state index >= 15 is 0 Å². The van der Waals surface area contributed by atoms with E-state index in [4.69, 9.17) is 4.84 Å². The second kappa shape index (κ2) is 7.07. The predicted molar refractivity (Wildman–Crippen MR) is 86.7 cm³/mol. The van der Waals surface area contributed by atoms with Crippen LogP contribution in [0.25, 0.3) is 0 Å². The Morgan fingerprint density at radius 3 is 2.57 bits per heavy atom. The largest absolute Gasteiger partial charge is 0.312 e. The van der Waals surface area contributed by atoms with Crippen LogP contribution in [0.5, 0.6) is 0 Å². The van der Waals surface area contributed by atoms with Gasteiger partial charge in [-0.2, -0.15) is 0 Å². The van der Waals surface area contributed by atoms with Crippen molar-refractivity contribution in [3.63, 3.8) is 0 Å². The van der Waals surface area contributed by atoms with Crippen LogP contribution in [-0.4, -0.2) is 18.4 Å². The second-order valence-corrected chi connectivity index (χ2v) is 5.37. The maximum atomic E-state index is 12.3. The van der Waals surface area contributed by atoms with Crippen LogP contribution in [0.4, 0.5) is 5.69 Å². The predicted octanol–water partition coefficient (Wildman–Crippen LogP) is 2.68. The minimum absolute atomic E-state index is 0.0513. The van der Waals surface area contributed by atoms with Crippen LogP contribution in [0.1, 0.15) is 28.8 Å². The molecular formula is C18H18N2O3. The Morgan fingerprint density at radius 1 is 1.09 bits per heavy atom. The first-order chi connectivity index (χ1) is 11.3. The maximum absolute atomic E-state index is 12.3. The van der Waals surface area contributed by atoms with Crippen LogP contribution < -0.4 is 10.4 Å². The van der Waals surface area contributed by atoms with Crippen molar-refractivity contribution < 1.29 is 14.4 Å². The normalized spacial score (nSPS) is 14.1. The van der Waals surface area contributed by atoms with E-state index in [1.165, 1.54) is 0 Å². The minimum atomic E-state index is -0.351. The molecule has 0 aromatic heterocycles. The number of anilines is 1. The molecule has 0 spiro atoms. The lowest BCUT2D eigenvalue weighted by molar-refractivity contribution is -0.117. The van der Waals surface area contributed by atoms with E-state index in [0.29, 0.717) is 24.2 Å². The van der Waals surface area contributed by atoms with E-state index in [1.54, 1.807) is 23.1 Å². The molecule has 5 heteroatoms. The molecule has 2 aromatic rings. The lowest BCUT2D eigenvalue weighted by Crippen LogP contribution is -2.29. The Bertz CT molecular complexity index is 700. The summed E-state index contributed by atoms with van der Waals surface area (Å²) in [7, 11) is 0. The Labute approximate surface area is 134 Å². The molecule has 0 unspecified atom stereocenters. The molecule has 0 atom stereocenters. The monoisotopic (exact) mass is 310 g/mol. The van der Waals surface area contributed by atoms with Gasteiger partial charge in [-0.05, 0) is 24.1 Å². The average Bonchev–Trinajstić information content (AvgIpc) is 3.01. The molecule has 3 rings (SSSR count). The number of hydroxylamine groups is 1. The zero-order chi connectivity index (χ0) is 16.1. The topological polar surface area (TPSA) is 58.6 Å². The number of rotatable bonds is 5. The molecule has 0 bridgehead atoms. The van der Waals surface area contributed by atoms with Gasteiger partial charge in [-0.25, -0.2) is 5.48 Å². The molecule has 1 saturated heterocycles. The van der Waals surface area contributed by atoms with Gasteiger partial charge in [-0.15, -0.1) is 0 Å². The molecule has 1 N–H and O–H groups in total. The van der Waals surface area contributed by atoms with Gasteiger partial charge in [-0.3, -0.25) is 14.4 Å². The maximum Gasteiger partial charge on any atom is 0.276 e. The Kier molecular flexibility index (Phi) is 4.68. The highest BCUT2D eigenvalue weighted by molar-refractivity contribution is 6.05. The lowest BCUT2D eigenvalue weighted by atomic mass is 10.1. The van der Waals surface area contributed by atoms with E-state index in [2.05, 4.69) is 5.48 Å². The van der Waals surface area contributed by atoms with Crippen molar-refractivity contribution in [2.45, 2.75) is 19.4 Å². The minimum Gasteiger partial charge on any atom is -0.312 e. The molecule has 2 amide bonds. The molecule has 2 aromatic carbocycles. The van der Waals surface area contributed by atoms with Gasteiger partial charge < -0.3 is 4.90 Å². The molecular weight excluding hydrogens is 292 g/mol. The summed E-state index contributed by atoms with van der Waals surface area (Å²) in [5.74, 6) is -0.299. The van der Waals surface area contributed by atoms with Crippen molar-refractivity contribution >= 4 is 17.5 Å². The van der Waals surface area contributed by atoms with Gasteiger partial charge in [0, 0.05) is 13.0 Å². The summed E-state index contributed by atoms with van der Waals surface area (Å²) in [4.78, 5) is 31.2. The Morgan fingerprint density at radius 2 is 1.83 bits per heavy atom. The number of para-hydroxylation sites is 1. The molecule has 0 aliphatic carbocycles. The fourth-order valence-corrected chi connectivity index (χ4v) is 2.62.